The van der Waals surface area contributed by atoms with Crippen molar-refractivity contribution in [2.24, 2.45) is 5.10 Å². The number of carbonyl (C=O) groups is 2. The Kier molecular flexibility index (Phi) is 7.57. The Morgan fingerprint density at radius 2 is 1.65 bits per heavy atom. The van der Waals surface area contributed by atoms with Crippen molar-refractivity contribution in [3.63, 3.8) is 0 Å². The Morgan fingerprint density at radius 3 is 2.47 bits per heavy atom. The molecule has 0 fully saturated rings. The van der Waals surface area contributed by atoms with Crippen LogP contribution >= 0.6 is 27.5 Å². The second kappa shape index (κ2) is 11.0. The summed E-state index contributed by atoms with van der Waals surface area (Å²) in [6, 6.07) is 24.8. The summed E-state index contributed by atoms with van der Waals surface area (Å²) in [7, 11) is 0. The van der Waals surface area contributed by atoms with Gasteiger partial charge in [-0.25, -0.2) is 10.2 Å². The third-order valence-electron chi connectivity index (χ3n) is 4.78. The van der Waals surface area contributed by atoms with E-state index < -0.39 is 11.9 Å². The van der Waals surface area contributed by atoms with E-state index in [9.17, 15) is 9.59 Å². The van der Waals surface area contributed by atoms with Crippen LogP contribution in [-0.2, 0) is 4.79 Å². The first-order valence-corrected chi connectivity index (χ1v) is 11.4. The number of halogens is 2. The molecular weight excluding hydrogens is 520 g/mol. The fourth-order valence-corrected chi connectivity index (χ4v) is 3.83. The summed E-state index contributed by atoms with van der Waals surface area (Å²) >= 11 is 9.39. The van der Waals surface area contributed by atoms with Crippen molar-refractivity contribution in [2.45, 2.75) is 0 Å². The first-order chi connectivity index (χ1) is 16.5. The third-order valence-corrected chi connectivity index (χ3v) is 5.85. The number of para-hydroxylation sites is 1. The molecule has 0 spiro atoms. The summed E-state index contributed by atoms with van der Waals surface area (Å²) in [5, 5.41) is 6.53. The van der Waals surface area contributed by atoms with Gasteiger partial charge in [0.15, 0.2) is 6.61 Å². The lowest BCUT2D eigenvalue weighted by Gasteiger charge is -2.10. The van der Waals surface area contributed by atoms with Gasteiger partial charge in [-0.2, -0.15) is 5.10 Å². The van der Waals surface area contributed by atoms with E-state index in [1.54, 1.807) is 54.6 Å². The number of hydrazone groups is 1. The first-order valence-electron chi connectivity index (χ1n) is 10.2. The topological polar surface area (TPSA) is 77.0 Å². The number of rotatable bonds is 7. The zero-order valence-corrected chi connectivity index (χ0v) is 20.0. The number of fused-ring (bicyclic) bond motifs is 1. The Bertz CT molecular complexity index is 1370. The molecule has 0 aliphatic heterocycles. The van der Waals surface area contributed by atoms with Crippen LogP contribution in [0.1, 0.15) is 15.9 Å². The smallest absolute Gasteiger partial charge is 0.343 e. The third kappa shape index (κ3) is 5.81. The molecule has 0 bridgehead atoms. The fraction of sp³-hybridized carbons (Fsp3) is 0.0385. The molecule has 0 aliphatic carbocycles. The maximum atomic E-state index is 12.4. The normalized spacial score (nSPS) is 10.9. The average molecular weight is 538 g/mol. The maximum absolute atomic E-state index is 12.4. The van der Waals surface area contributed by atoms with Crippen LogP contribution in [0, 0.1) is 0 Å². The summed E-state index contributed by atoms with van der Waals surface area (Å²) in [5.74, 6) is -0.114. The highest BCUT2D eigenvalue weighted by molar-refractivity contribution is 9.10. The van der Waals surface area contributed by atoms with E-state index in [0.717, 1.165) is 15.2 Å². The van der Waals surface area contributed by atoms with Gasteiger partial charge in [-0.15, -0.1) is 0 Å². The van der Waals surface area contributed by atoms with Crippen molar-refractivity contribution >= 4 is 56.4 Å². The van der Waals surface area contributed by atoms with Gasteiger partial charge in [0.05, 0.1) is 16.3 Å². The van der Waals surface area contributed by atoms with Crippen LogP contribution in [0.15, 0.2) is 94.5 Å². The number of carbonyl (C=O) groups excluding carboxylic acids is 2. The molecule has 4 aromatic rings. The highest BCUT2D eigenvalue weighted by atomic mass is 79.9. The van der Waals surface area contributed by atoms with Crippen molar-refractivity contribution in [1.82, 2.24) is 5.43 Å². The minimum atomic E-state index is -0.532. The van der Waals surface area contributed by atoms with Gasteiger partial charge in [-0.3, -0.25) is 4.79 Å². The molecule has 4 aromatic carbocycles. The number of nitrogens with one attached hydrogen (secondary N) is 1. The van der Waals surface area contributed by atoms with Crippen LogP contribution in [0.2, 0.25) is 5.02 Å². The molecule has 0 radical (unpaired) electrons. The molecule has 8 heteroatoms. The minimum absolute atomic E-state index is 0.221. The van der Waals surface area contributed by atoms with E-state index in [2.05, 4.69) is 26.5 Å². The van der Waals surface area contributed by atoms with Crippen LogP contribution in [0.5, 0.6) is 11.5 Å². The summed E-state index contributed by atoms with van der Waals surface area (Å²) in [4.78, 5) is 24.6. The van der Waals surface area contributed by atoms with E-state index in [1.807, 2.05) is 30.3 Å². The Balaban J connectivity index is 1.35. The minimum Gasteiger partial charge on any atom is -0.483 e. The van der Waals surface area contributed by atoms with E-state index >= 15 is 0 Å². The standard InChI is InChI=1S/C26H18BrClN2O4/c27-25-21-7-3-1-5-17(21)11-14-23(25)33-16-24(31)30-29-15-19-6-2-4-8-22(19)34-26(32)18-9-12-20(28)13-10-18/h1-15H,16H2,(H,30,31)/b29-15-. The summed E-state index contributed by atoms with van der Waals surface area (Å²) in [6.07, 6.45) is 1.40. The van der Waals surface area contributed by atoms with Gasteiger partial charge in [0.25, 0.3) is 5.91 Å². The molecule has 0 aromatic heterocycles. The van der Waals surface area contributed by atoms with Gasteiger partial charge in [0, 0.05) is 10.6 Å². The van der Waals surface area contributed by atoms with Gasteiger partial charge >= 0.3 is 5.97 Å². The van der Waals surface area contributed by atoms with Crippen molar-refractivity contribution in [3.8, 4) is 11.5 Å². The quantitative estimate of drug-likeness (QED) is 0.136. The van der Waals surface area contributed by atoms with E-state index in [1.165, 1.54) is 6.21 Å². The lowest BCUT2D eigenvalue weighted by atomic mass is 10.1. The molecule has 0 saturated heterocycles. The number of hydrogen-bond acceptors (Lipinski definition) is 5. The molecule has 1 amide bonds. The summed E-state index contributed by atoms with van der Waals surface area (Å²) in [5.41, 5.74) is 3.29. The lowest BCUT2D eigenvalue weighted by molar-refractivity contribution is -0.123. The van der Waals surface area contributed by atoms with Crippen LogP contribution in [0.3, 0.4) is 0 Å². The first kappa shape index (κ1) is 23.5. The van der Waals surface area contributed by atoms with E-state index in [0.29, 0.717) is 27.6 Å². The summed E-state index contributed by atoms with van der Waals surface area (Å²) in [6.45, 7) is -0.221. The molecule has 0 atom stereocenters. The SMILES string of the molecule is O=C(COc1ccc2ccccc2c1Br)N/N=C\c1ccccc1OC(=O)c1ccc(Cl)cc1. The second-order valence-corrected chi connectivity index (χ2v) is 8.34. The monoisotopic (exact) mass is 536 g/mol. The number of ether oxygens (including phenoxy) is 2. The number of hydrogen-bond donors (Lipinski definition) is 1. The zero-order valence-electron chi connectivity index (χ0n) is 17.7. The molecular formula is C26H18BrClN2O4. The van der Waals surface area contributed by atoms with Crippen molar-refractivity contribution in [2.75, 3.05) is 6.61 Å². The van der Waals surface area contributed by atoms with Gasteiger partial charge in [-0.1, -0.05) is 54.1 Å². The number of nitrogens with zero attached hydrogens (tertiary/aromatic N) is 1. The predicted molar refractivity (Wildman–Crippen MR) is 136 cm³/mol. The van der Waals surface area contributed by atoms with E-state index in [-0.39, 0.29) is 6.61 Å². The van der Waals surface area contributed by atoms with E-state index in [4.69, 9.17) is 21.1 Å². The van der Waals surface area contributed by atoms with Crippen LogP contribution in [-0.4, -0.2) is 24.7 Å². The molecule has 170 valence electrons. The van der Waals surface area contributed by atoms with Crippen molar-refractivity contribution < 1.29 is 19.1 Å². The van der Waals surface area contributed by atoms with Crippen LogP contribution < -0.4 is 14.9 Å². The highest BCUT2D eigenvalue weighted by Crippen LogP contribution is 2.32. The largest absolute Gasteiger partial charge is 0.483 e. The number of esters is 1. The molecule has 0 unspecified atom stereocenters. The zero-order chi connectivity index (χ0) is 23.9. The Morgan fingerprint density at radius 1 is 0.912 bits per heavy atom. The maximum Gasteiger partial charge on any atom is 0.343 e. The molecule has 0 saturated carbocycles. The molecule has 0 aliphatic rings. The van der Waals surface area contributed by atoms with Crippen LogP contribution in [0.25, 0.3) is 10.8 Å². The Labute approximate surface area is 209 Å². The molecule has 4 rings (SSSR count). The molecule has 0 heterocycles. The van der Waals surface area contributed by atoms with Crippen molar-refractivity contribution in [3.05, 3.63) is 106 Å². The highest BCUT2D eigenvalue weighted by Gasteiger charge is 2.11. The van der Waals surface area contributed by atoms with Crippen LogP contribution in [0.4, 0.5) is 0 Å². The van der Waals surface area contributed by atoms with Gasteiger partial charge < -0.3 is 9.47 Å². The summed E-state index contributed by atoms with van der Waals surface area (Å²) < 4.78 is 11.9. The number of benzene rings is 4. The van der Waals surface area contributed by atoms with Gasteiger partial charge in [0.1, 0.15) is 11.5 Å². The average Bonchev–Trinajstić information content (AvgIpc) is 2.85. The predicted octanol–water partition coefficient (Wildman–Crippen LogP) is 6.00. The fourth-order valence-electron chi connectivity index (χ4n) is 3.10. The van der Waals surface area contributed by atoms with Gasteiger partial charge in [-0.05, 0) is 69.2 Å². The molecule has 1 N–H and O–H groups in total. The lowest BCUT2D eigenvalue weighted by Crippen LogP contribution is -2.24. The van der Waals surface area contributed by atoms with Gasteiger partial charge in [0.2, 0.25) is 0 Å². The second-order valence-electron chi connectivity index (χ2n) is 7.11. The molecule has 34 heavy (non-hydrogen) atoms. The Hall–Kier alpha value is -3.68. The van der Waals surface area contributed by atoms with Crippen molar-refractivity contribution in [1.29, 1.82) is 0 Å². The number of amides is 1. The molecule has 6 nitrogen and oxygen atoms in total.